The molecule has 1 atom stereocenters. The zero-order valence-electron chi connectivity index (χ0n) is 9.71. The lowest BCUT2D eigenvalue weighted by Gasteiger charge is -2.13. The number of benzene rings is 1. The summed E-state index contributed by atoms with van der Waals surface area (Å²) in [6, 6.07) is 8.63. The smallest absolute Gasteiger partial charge is 0.129 e. The molecule has 0 spiro atoms. The highest BCUT2D eigenvalue weighted by Gasteiger charge is 2.11. The van der Waals surface area contributed by atoms with Gasteiger partial charge in [0.25, 0.3) is 0 Å². The summed E-state index contributed by atoms with van der Waals surface area (Å²) in [6.45, 7) is 2.40. The van der Waals surface area contributed by atoms with Gasteiger partial charge in [0.15, 0.2) is 0 Å². The largest absolute Gasteiger partial charge is 0.305 e. The maximum Gasteiger partial charge on any atom is 0.129 e. The molecule has 0 amide bonds. The van der Waals surface area contributed by atoms with Crippen LogP contribution >= 0.6 is 34.5 Å². The quantitative estimate of drug-likeness (QED) is 0.834. The Balaban J connectivity index is 2.03. The van der Waals surface area contributed by atoms with E-state index in [0.717, 1.165) is 9.21 Å². The molecule has 1 unspecified atom stereocenters. The Bertz CT molecular complexity index is 521. The van der Waals surface area contributed by atoms with Crippen LogP contribution in [0.1, 0.15) is 23.4 Å². The van der Waals surface area contributed by atoms with E-state index in [1.165, 1.54) is 17.4 Å². The predicted molar refractivity (Wildman–Crippen MR) is 76.0 cm³/mol. The van der Waals surface area contributed by atoms with Gasteiger partial charge in [-0.2, -0.15) is 0 Å². The molecular weight excluding hydrogens is 292 g/mol. The molecule has 0 aliphatic rings. The van der Waals surface area contributed by atoms with Gasteiger partial charge in [-0.05, 0) is 31.2 Å². The Morgan fingerprint density at radius 2 is 2.06 bits per heavy atom. The van der Waals surface area contributed by atoms with E-state index in [9.17, 15) is 4.39 Å². The molecule has 2 rings (SSSR count). The first-order valence-electron chi connectivity index (χ1n) is 5.49. The first kappa shape index (κ1) is 13.8. The summed E-state index contributed by atoms with van der Waals surface area (Å²) in [6.07, 6.45) is 0. The average molecular weight is 304 g/mol. The third kappa shape index (κ3) is 3.23. The second kappa shape index (κ2) is 6.02. The Labute approximate surface area is 120 Å². The van der Waals surface area contributed by atoms with Gasteiger partial charge in [-0.15, -0.1) is 11.3 Å². The minimum atomic E-state index is -0.286. The molecule has 0 aliphatic carbocycles. The van der Waals surface area contributed by atoms with Gasteiger partial charge >= 0.3 is 0 Å². The maximum absolute atomic E-state index is 13.6. The van der Waals surface area contributed by atoms with E-state index in [0.29, 0.717) is 17.1 Å². The lowest BCUT2D eigenvalue weighted by Crippen LogP contribution is -2.18. The number of hydrogen-bond donors (Lipinski definition) is 1. The molecule has 1 nitrogen and oxygen atoms in total. The van der Waals surface area contributed by atoms with Crippen LogP contribution in [0.5, 0.6) is 0 Å². The first-order chi connectivity index (χ1) is 8.58. The van der Waals surface area contributed by atoms with Crippen molar-refractivity contribution in [3.8, 4) is 0 Å². The van der Waals surface area contributed by atoms with Crippen LogP contribution in [0.15, 0.2) is 30.3 Å². The van der Waals surface area contributed by atoms with Gasteiger partial charge in [0.2, 0.25) is 0 Å². The lowest BCUT2D eigenvalue weighted by molar-refractivity contribution is 0.549. The summed E-state index contributed by atoms with van der Waals surface area (Å²) in [5.74, 6) is -0.286. The summed E-state index contributed by atoms with van der Waals surface area (Å²) in [7, 11) is 0. The van der Waals surface area contributed by atoms with E-state index in [1.54, 1.807) is 12.1 Å². The van der Waals surface area contributed by atoms with Crippen molar-refractivity contribution < 1.29 is 4.39 Å². The summed E-state index contributed by atoms with van der Waals surface area (Å²) in [5, 5.41) is 3.68. The Morgan fingerprint density at radius 3 is 2.67 bits per heavy atom. The van der Waals surface area contributed by atoms with Gasteiger partial charge in [-0.3, -0.25) is 0 Å². The van der Waals surface area contributed by atoms with E-state index >= 15 is 0 Å². The predicted octanol–water partition coefficient (Wildman–Crippen LogP) is 5.04. The van der Waals surface area contributed by atoms with Crippen LogP contribution in [0.3, 0.4) is 0 Å². The maximum atomic E-state index is 13.6. The minimum Gasteiger partial charge on any atom is -0.305 e. The molecule has 0 bridgehead atoms. The Kier molecular flexibility index (Phi) is 4.62. The van der Waals surface area contributed by atoms with Crippen molar-refractivity contribution in [1.82, 2.24) is 5.32 Å². The van der Waals surface area contributed by atoms with E-state index < -0.39 is 0 Å². The Hall–Kier alpha value is -0.610. The molecule has 1 N–H and O–H groups in total. The standard InChI is InChI=1S/C13H12Cl2FNS/c1-8(12-5-6-13(15)18-12)17-7-9-10(14)3-2-4-11(9)16/h2-6,8,17H,7H2,1H3. The molecule has 0 saturated carbocycles. The lowest BCUT2D eigenvalue weighted by atomic mass is 10.2. The zero-order chi connectivity index (χ0) is 13.1. The number of hydrogen-bond acceptors (Lipinski definition) is 2. The monoisotopic (exact) mass is 303 g/mol. The van der Waals surface area contributed by atoms with Gasteiger partial charge in [-0.1, -0.05) is 29.3 Å². The van der Waals surface area contributed by atoms with Crippen molar-refractivity contribution in [2.75, 3.05) is 0 Å². The van der Waals surface area contributed by atoms with Crippen LogP contribution in [-0.4, -0.2) is 0 Å². The van der Waals surface area contributed by atoms with Gasteiger partial charge in [-0.25, -0.2) is 4.39 Å². The van der Waals surface area contributed by atoms with Gasteiger partial charge in [0.05, 0.1) is 4.34 Å². The summed E-state index contributed by atoms with van der Waals surface area (Å²) < 4.78 is 14.3. The molecule has 1 aromatic carbocycles. The van der Waals surface area contributed by atoms with E-state index in [-0.39, 0.29) is 11.9 Å². The average Bonchev–Trinajstić information content (AvgIpc) is 2.75. The van der Waals surface area contributed by atoms with Gasteiger partial charge in [0, 0.05) is 28.0 Å². The fourth-order valence-electron chi connectivity index (χ4n) is 1.62. The number of halogens is 3. The number of nitrogens with one attached hydrogen (secondary N) is 1. The first-order valence-corrected chi connectivity index (χ1v) is 7.06. The molecule has 0 radical (unpaired) electrons. The molecule has 0 fully saturated rings. The van der Waals surface area contributed by atoms with Crippen LogP contribution in [0.4, 0.5) is 4.39 Å². The molecule has 0 aliphatic heterocycles. The third-order valence-corrected chi connectivity index (χ3v) is 4.44. The molecular formula is C13H12Cl2FNS. The fourth-order valence-corrected chi connectivity index (χ4v) is 2.94. The van der Waals surface area contributed by atoms with Crippen molar-refractivity contribution in [3.05, 3.63) is 55.9 Å². The second-order valence-corrected chi connectivity index (χ2v) is 6.10. The van der Waals surface area contributed by atoms with E-state index in [1.807, 2.05) is 19.1 Å². The summed E-state index contributed by atoms with van der Waals surface area (Å²) >= 11 is 13.4. The van der Waals surface area contributed by atoms with Crippen molar-refractivity contribution in [2.24, 2.45) is 0 Å². The number of thiophene rings is 1. The minimum absolute atomic E-state index is 0.109. The summed E-state index contributed by atoms with van der Waals surface area (Å²) in [5.41, 5.74) is 0.494. The van der Waals surface area contributed by atoms with E-state index in [4.69, 9.17) is 23.2 Å². The van der Waals surface area contributed by atoms with Gasteiger partial charge < -0.3 is 5.32 Å². The Morgan fingerprint density at radius 1 is 1.28 bits per heavy atom. The normalized spacial score (nSPS) is 12.7. The molecule has 1 heterocycles. The number of rotatable bonds is 4. The molecule has 0 saturated heterocycles. The molecule has 1 aromatic heterocycles. The highest BCUT2D eigenvalue weighted by molar-refractivity contribution is 7.16. The summed E-state index contributed by atoms with van der Waals surface area (Å²) in [4.78, 5) is 1.12. The fraction of sp³-hybridized carbons (Fsp3) is 0.231. The van der Waals surface area contributed by atoms with Crippen molar-refractivity contribution in [3.63, 3.8) is 0 Å². The molecule has 96 valence electrons. The topological polar surface area (TPSA) is 12.0 Å². The highest BCUT2D eigenvalue weighted by Crippen LogP contribution is 2.27. The van der Waals surface area contributed by atoms with E-state index in [2.05, 4.69) is 5.32 Å². The van der Waals surface area contributed by atoms with Crippen LogP contribution in [0.25, 0.3) is 0 Å². The third-order valence-electron chi connectivity index (χ3n) is 2.67. The molecule has 5 heteroatoms. The van der Waals surface area contributed by atoms with Crippen LogP contribution in [-0.2, 0) is 6.54 Å². The van der Waals surface area contributed by atoms with Crippen LogP contribution in [0, 0.1) is 5.82 Å². The molecule has 18 heavy (non-hydrogen) atoms. The SMILES string of the molecule is CC(NCc1c(F)cccc1Cl)c1ccc(Cl)s1. The zero-order valence-corrected chi connectivity index (χ0v) is 12.0. The van der Waals surface area contributed by atoms with Crippen molar-refractivity contribution in [2.45, 2.75) is 19.5 Å². The van der Waals surface area contributed by atoms with Crippen LogP contribution < -0.4 is 5.32 Å². The van der Waals surface area contributed by atoms with Crippen molar-refractivity contribution >= 4 is 34.5 Å². The van der Waals surface area contributed by atoms with Crippen molar-refractivity contribution in [1.29, 1.82) is 0 Å². The van der Waals surface area contributed by atoms with Gasteiger partial charge in [0.1, 0.15) is 5.82 Å². The highest BCUT2D eigenvalue weighted by atomic mass is 35.5. The molecule has 2 aromatic rings. The van der Waals surface area contributed by atoms with Crippen LogP contribution in [0.2, 0.25) is 9.36 Å². The second-order valence-electron chi connectivity index (χ2n) is 3.94.